The number of likely N-dealkylation sites (tertiary alicyclic amines) is 1. The Balaban J connectivity index is 1.36. The summed E-state index contributed by atoms with van der Waals surface area (Å²) in [6.45, 7) is 2.74. The van der Waals surface area contributed by atoms with Crippen molar-refractivity contribution < 1.29 is 9.18 Å². The minimum atomic E-state index is -0.257. The van der Waals surface area contributed by atoms with E-state index in [0.717, 1.165) is 55.7 Å². The number of anilines is 1. The normalized spacial score (nSPS) is 17.2. The van der Waals surface area contributed by atoms with Gasteiger partial charge in [0.05, 0.1) is 12.1 Å². The number of halogens is 1. The van der Waals surface area contributed by atoms with Crippen LogP contribution in [0, 0.1) is 11.7 Å². The molecule has 2 aromatic carbocycles. The number of hydrogen-bond acceptors (Lipinski definition) is 3. The Bertz CT molecular complexity index is 940. The summed E-state index contributed by atoms with van der Waals surface area (Å²) in [5.41, 5.74) is 3.83. The van der Waals surface area contributed by atoms with Crippen molar-refractivity contribution in [3.8, 4) is 11.1 Å². The van der Waals surface area contributed by atoms with Crippen molar-refractivity contribution in [3.05, 3.63) is 72.3 Å². The van der Waals surface area contributed by atoms with E-state index in [4.69, 9.17) is 0 Å². The number of hydrogen-bond donors (Lipinski definition) is 2. The molecule has 150 valence electrons. The third kappa shape index (κ3) is 5.09. The van der Waals surface area contributed by atoms with Gasteiger partial charge in [-0.1, -0.05) is 24.3 Å². The molecular formula is C23H25FN4O. The Morgan fingerprint density at radius 1 is 1.21 bits per heavy atom. The number of aromatic amines is 1. The highest BCUT2D eigenvalue weighted by Gasteiger charge is 2.25. The molecule has 0 spiro atoms. The molecule has 0 unspecified atom stereocenters. The number of carbonyl (C=O) groups excluding carboxylic acids is 1. The quantitative estimate of drug-likeness (QED) is 0.664. The molecule has 1 atom stereocenters. The van der Waals surface area contributed by atoms with Gasteiger partial charge in [-0.15, -0.1) is 0 Å². The number of rotatable bonds is 6. The topological polar surface area (TPSA) is 61.0 Å². The lowest BCUT2D eigenvalue weighted by molar-refractivity contribution is -0.121. The average molecular weight is 392 g/mol. The molecular weight excluding hydrogens is 367 g/mol. The molecule has 29 heavy (non-hydrogen) atoms. The van der Waals surface area contributed by atoms with Crippen LogP contribution in [-0.4, -0.2) is 40.6 Å². The van der Waals surface area contributed by atoms with E-state index < -0.39 is 0 Å². The minimum Gasteiger partial charge on any atom is -0.326 e. The Kier molecular flexibility index (Phi) is 6.00. The van der Waals surface area contributed by atoms with Crippen LogP contribution in [0.25, 0.3) is 11.1 Å². The monoisotopic (exact) mass is 392 g/mol. The van der Waals surface area contributed by atoms with Crippen LogP contribution in [0.3, 0.4) is 0 Å². The van der Waals surface area contributed by atoms with Crippen molar-refractivity contribution in [2.24, 2.45) is 5.92 Å². The number of H-pyrrole nitrogens is 1. The summed E-state index contributed by atoms with van der Waals surface area (Å²) >= 11 is 0. The molecule has 1 fully saturated rings. The third-order valence-electron chi connectivity index (χ3n) is 5.46. The third-order valence-corrected chi connectivity index (χ3v) is 5.46. The molecule has 1 saturated heterocycles. The first-order valence-electron chi connectivity index (χ1n) is 10.0. The summed E-state index contributed by atoms with van der Waals surface area (Å²) in [4.78, 5) is 15.2. The van der Waals surface area contributed by atoms with Crippen molar-refractivity contribution in [1.82, 2.24) is 15.1 Å². The lowest BCUT2D eigenvalue weighted by atomic mass is 9.96. The number of amides is 1. The van der Waals surface area contributed by atoms with Crippen LogP contribution in [0.2, 0.25) is 0 Å². The first kappa shape index (κ1) is 19.3. The van der Waals surface area contributed by atoms with Crippen LogP contribution in [0.15, 0.2) is 60.9 Å². The highest BCUT2D eigenvalue weighted by Crippen LogP contribution is 2.24. The first-order chi connectivity index (χ1) is 14.2. The molecule has 2 N–H and O–H groups in total. The van der Waals surface area contributed by atoms with Crippen molar-refractivity contribution in [3.63, 3.8) is 0 Å². The molecule has 0 bridgehead atoms. The number of nitrogens with one attached hydrogen (secondary N) is 2. The van der Waals surface area contributed by atoms with Crippen LogP contribution < -0.4 is 5.32 Å². The molecule has 1 aromatic heterocycles. The Morgan fingerprint density at radius 3 is 2.86 bits per heavy atom. The highest BCUT2D eigenvalue weighted by atomic mass is 19.1. The van der Waals surface area contributed by atoms with E-state index in [1.54, 1.807) is 12.1 Å². The van der Waals surface area contributed by atoms with Gasteiger partial charge in [0.2, 0.25) is 5.91 Å². The second-order valence-corrected chi connectivity index (χ2v) is 7.57. The Morgan fingerprint density at radius 2 is 2.07 bits per heavy atom. The van der Waals surface area contributed by atoms with E-state index in [1.807, 2.05) is 36.7 Å². The molecule has 6 heteroatoms. The fourth-order valence-electron chi connectivity index (χ4n) is 3.84. The van der Waals surface area contributed by atoms with Crippen molar-refractivity contribution in [1.29, 1.82) is 0 Å². The fraction of sp³-hybridized carbons (Fsp3) is 0.304. The number of nitrogens with zero attached hydrogens (tertiary/aromatic N) is 2. The second-order valence-electron chi connectivity index (χ2n) is 7.57. The average Bonchev–Trinajstić information content (AvgIpc) is 3.27. The van der Waals surface area contributed by atoms with Gasteiger partial charge >= 0.3 is 0 Å². The van der Waals surface area contributed by atoms with Gasteiger partial charge < -0.3 is 10.2 Å². The summed E-state index contributed by atoms with van der Waals surface area (Å²) < 4.78 is 13.2. The number of carbonyl (C=O) groups is 1. The van der Waals surface area contributed by atoms with E-state index in [1.165, 1.54) is 17.7 Å². The van der Waals surface area contributed by atoms with Crippen molar-refractivity contribution in [2.75, 3.05) is 25.0 Å². The predicted molar refractivity (Wildman–Crippen MR) is 112 cm³/mol. The molecule has 3 aromatic rings. The van der Waals surface area contributed by atoms with Gasteiger partial charge in [0, 0.05) is 25.0 Å². The van der Waals surface area contributed by atoms with Gasteiger partial charge in [-0.2, -0.15) is 5.10 Å². The van der Waals surface area contributed by atoms with Gasteiger partial charge in [-0.05, 0) is 66.8 Å². The molecule has 1 amide bonds. The van der Waals surface area contributed by atoms with E-state index >= 15 is 0 Å². The summed E-state index contributed by atoms with van der Waals surface area (Å²) in [7, 11) is 0. The fourth-order valence-corrected chi connectivity index (χ4v) is 3.84. The van der Waals surface area contributed by atoms with Crippen LogP contribution in [0.4, 0.5) is 10.1 Å². The molecule has 0 aliphatic carbocycles. The van der Waals surface area contributed by atoms with Crippen molar-refractivity contribution in [2.45, 2.75) is 19.3 Å². The number of aromatic nitrogens is 2. The highest BCUT2D eigenvalue weighted by molar-refractivity contribution is 5.93. The van der Waals surface area contributed by atoms with Crippen LogP contribution in [0.5, 0.6) is 0 Å². The van der Waals surface area contributed by atoms with Crippen LogP contribution in [-0.2, 0) is 11.2 Å². The standard InChI is InChI=1S/C23H25FN4O/c24-21-8-6-18(7-9-21)19-3-1-5-22(13-19)27-23(29)20-4-2-11-28(16-20)12-10-17-14-25-26-15-17/h1,3,5-9,13-15,20H,2,4,10-12,16H2,(H,25,26)(H,27,29)/t20-/m1/s1. The zero-order valence-corrected chi connectivity index (χ0v) is 16.3. The van der Waals surface area contributed by atoms with Gasteiger partial charge in [0.1, 0.15) is 5.82 Å². The maximum absolute atomic E-state index is 13.2. The zero-order chi connectivity index (χ0) is 20.1. The van der Waals surface area contributed by atoms with Crippen molar-refractivity contribution >= 4 is 11.6 Å². The SMILES string of the molecule is O=C(Nc1cccc(-c2ccc(F)cc2)c1)[C@@H]1CCCN(CCc2cn[nH]c2)C1. The summed E-state index contributed by atoms with van der Waals surface area (Å²) in [5.74, 6) is -0.204. The lowest BCUT2D eigenvalue weighted by Gasteiger charge is -2.31. The number of piperidine rings is 1. The van der Waals surface area contributed by atoms with E-state index in [2.05, 4.69) is 20.4 Å². The first-order valence-corrected chi connectivity index (χ1v) is 10.0. The molecule has 0 radical (unpaired) electrons. The number of benzene rings is 2. The minimum absolute atomic E-state index is 0.0115. The Hall–Kier alpha value is -2.99. The van der Waals surface area contributed by atoms with Gasteiger partial charge in [-0.3, -0.25) is 9.89 Å². The van der Waals surface area contributed by atoms with E-state index in [9.17, 15) is 9.18 Å². The lowest BCUT2D eigenvalue weighted by Crippen LogP contribution is -2.41. The maximum atomic E-state index is 13.2. The van der Waals surface area contributed by atoms with Crippen LogP contribution in [0.1, 0.15) is 18.4 Å². The molecule has 1 aliphatic heterocycles. The summed E-state index contributed by atoms with van der Waals surface area (Å²) in [5, 5.41) is 9.89. The molecule has 0 saturated carbocycles. The molecule has 1 aliphatic rings. The maximum Gasteiger partial charge on any atom is 0.228 e. The smallest absolute Gasteiger partial charge is 0.228 e. The summed E-state index contributed by atoms with van der Waals surface area (Å²) in [6.07, 6.45) is 6.64. The summed E-state index contributed by atoms with van der Waals surface area (Å²) in [6, 6.07) is 14.1. The Labute approximate surface area is 169 Å². The largest absolute Gasteiger partial charge is 0.326 e. The molecule has 4 rings (SSSR count). The van der Waals surface area contributed by atoms with E-state index in [0.29, 0.717) is 0 Å². The zero-order valence-electron chi connectivity index (χ0n) is 16.3. The van der Waals surface area contributed by atoms with Gasteiger partial charge in [0.15, 0.2) is 0 Å². The van der Waals surface area contributed by atoms with Gasteiger partial charge in [0.25, 0.3) is 0 Å². The predicted octanol–water partition coefficient (Wildman–Crippen LogP) is 4.11. The van der Waals surface area contributed by atoms with Crippen LogP contribution >= 0.6 is 0 Å². The second kappa shape index (κ2) is 9.01. The van der Waals surface area contributed by atoms with E-state index in [-0.39, 0.29) is 17.6 Å². The van der Waals surface area contributed by atoms with Gasteiger partial charge in [-0.25, -0.2) is 4.39 Å². The molecule has 2 heterocycles. The molecule has 5 nitrogen and oxygen atoms in total.